The second-order valence-corrected chi connectivity index (χ2v) is 7.94. The van der Waals surface area contributed by atoms with Gasteiger partial charge in [-0.1, -0.05) is 32.1 Å². The Morgan fingerprint density at radius 3 is 2.28 bits per heavy atom. The maximum absolute atomic E-state index is 12.5. The fraction of sp³-hybridized carbons (Fsp3) is 0.611. The molecule has 0 unspecified atom stereocenters. The number of sulfonamides is 1. The van der Waals surface area contributed by atoms with Crippen molar-refractivity contribution in [1.82, 2.24) is 4.72 Å². The van der Waals surface area contributed by atoms with Crippen molar-refractivity contribution in [2.75, 3.05) is 13.2 Å². The zero-order valence-electron chi connectivity index (χ0n) is 14.7. The molecule has 0 saturated heterocycles. The minimum atomic E-state index is -3.54. The number of nitrogens with one attached hydrogen (secondary N) is 1. The SMILES string of the molecule is CCOC(=O)COc1ccc(S(=O)(=O)NC2CCCCCCC2)cc1. The third-order valence-electron chi connectivity index (χ3n) is 4.22. The molecule has 0 aromatic heterocycles. The Labute approximate surface area is 150 Å². The molecule has 1 saturated carbocycles. The highest BCUT2D eigenvalue weighted by molar-refractivity contribution is 7.89. The molecule has 0 aliphatic heterocycles. The van der Waals surface area contributed by atoms with E-state index in [9.17, 15) is 13.2 Å². The highest BCUT2D eigenvalue weighted by Crippen LogP contribution is 2.20. The lowest BCUT2D eigenvalue weighted by molar-refractivity contribution is -0.145. The fourth-order valence-corrected chi connectivity index (χ4v) is 4.23. The monoisotopic (exact) mass is 369 g/mol. The molecule has 0 spiro atoms. The van der Waals surface area contributed by atoms with Crippen molar-refractivity contribution in [3.8, 4) is 5.75 Å². The molecule has 0 radical (unpaired) electrons. The van der Waals surface area contributed by atoms with Gasteiger partial charge in [-0.15, -0.1) is 0 Å². The van der Waals surface area contributed by atoms with E-state index in [0.29, 0.717) is 12.4 Å². The highest BCUT2D eigenvalue weighted by atomic mass is 32.2. The summed E-state index contributed by atoms with van der Waals surface area (Å²) in [6.45, 7) is 1.83. The summed E-state index contributed by atoms with van der Waals surface area (Å²) < 4.78 is 37.9. The van der Waals surface area contributed by atoms with Crippen LogP contribution < -0.4 is 9.46 Å². The van der Waals surface area contributed by atoms with Gasteiger partial charge >= 0.3 is 5.97 Å². The van der Waals surface area contributed by atoms with Crippen molar-refractivity contribution in [1.29, 1.82) is 0 Å². The number of carbonyl (C=O) groups excluding carboxylic acids is 1. The van der Waals surface area contributed by atoms with Gasteiger partial charge in [-0.2, -0.15) is 0 Å². The van der Waals surface area contributed by atoms with Crippen molar-refractivity contribution in [2.24, 2.45) is 0 Å². The molecule has 0 amide bonds. The van der Waals surface area contributed by atoms with Gasteiger partial charge in [0.2, 0.25) is 10.0 Å². The normalized spacial score (nSPS) is 16.7. The van der Waals surface area contributed by atoms with Crippen LogP contribution in [0.1, 0.15) is 51.9 Å². The van der Waals surface area contributed by atoms with Gasteiger partial charge in [0.25, 0.3) is 0 Å². The molecular formula is C18H27NO5S. The first-order valence-corrected chi connectivity index (χ1v) is 10.4. The molecule has 1 fully saturated rings. The second-order valence-electron chi connectivity index (χ2n) is 6.23. The molecule has 0 atom stereocenters. The van der Waals surface area contributed by atoms with E-state index in [1.165, 1.54) is 31.4 Å². The standard InChI is InChI=1S/C18H27NO5S/c1-2-23-18(20)14-24-16-10-12-17(13-11-16)25(21,22)19-15-8-6-4-3-5-7-9-15/h10-13,15,19H,2-9,14H2,1H3. The zero-order valence-corrected chi connectivity index (χ0v) is 15.5. The van der Waals surface area contributed by atoms with E-state index in [1.807, 2.05) is 0 Å². The number of ether oxygens (including phenoxy) is 2. The first-order chi connectivity index (χ1) is 12.0. The van der Waals surface area contributed by atoms with Crippen molar-refractivity contribution in [2.45, 2.75) is 62.8 Å². The van der Waals surface area contributed by atoms with Crippen molar-refractivity contribution < 1.29 is 22.7 Å². The van der Waals surface area contributed by atoms with Gasteiger partial charge in [0.05, 0.1) is 11.5 Å². The summed E-state index contributed by atoms with van der Waals surface area (Å²) in [7, 11) is -3.54. The molecule has 6 nitrogen and oxygen atoms in total. The van der Waals surface area contributed by atoms with E-state index in [2.05, 4.69) is 4.72 Å². The predicted molar refractivity (Wildman–Crippen MR) is 95.0 cm³/mol. The summed E-state index contributed by atoms with van der Waals surface area (Å²) in [5, 5.41) is 0. The Morgan fingerprint density at radius 2 is 1.68 bits per heavy atom. The molecule has 1 aliphatic rings. The Bertz CT molecular complexity index is 634. The molecule has 1 aromatic carbocycles. The lowest BCUT2D eigenvalue weighted by Crippen LogP contribution is -2.35. The van der Waals surface area contributed by atoms with Gasteiger partial charge in [0, 0.05) is 6.04 Å². The summed E-state index contributed by atoms with van der Waals surface area (Å²) in [5.41, 5.74) is 0. The average molecular weight is 369 g/mol. The van der Waals surface area contributed by atoms with E-state index in [4.69, 9.17) is 9.47 Å². The number of benzene rings is 1. The number of hydrogen-bond donors (Lipinski definition) is 1. The molecular weight excluding hydrogens is 342 g/mol. The molecule has 2 rings (SSSR count). The van der Waals surface area contributed by atoms with Crippen LogP contribution in [0.5, 0.6) is 5.75 Å². The van der Waals surface area contributed by atoms with Crippen LogP contribution in [0.15, 0.2) is 29.2 Å². The average Bonchev–Trinajstić information content (AvgIpc) is 2.56. The second kappa shape index (κ2) is 9.77. The summed E-state index contributed by atoms with van der Waals surface area (Å²) in [4.78, 5) is 11.5. The third kappa shape index (κ3) is 6.66. The first kappa shape index (κ1) is 19.7. The van der Waals surface area contributed by atoms with Gasteiger partial charge in [0.15, 0.2) is 6.61 Å². The Kier molecular flexibility index (Phi) is 7.71. The fourth-order valence-electron chi connectivity index (χ4n) is 2.92. The van der Waals surface area contributed by atoms with Crippen LogP contribution in [0.3, 0.4) is 0 Å². The topological polar surface area (TPSA) is 81.7 Å². The third-order valence-corrected chi connectivity index (χ3v) is 5.76. The number of esters is 1. The van der Waals surface area contributed by atoms with Gasteiger partial charge < -0.3 is 9.47 Å². The maximum Gasteiger partial charge on any atom is 0.344 e. The minimum Gasteiger partial charge on any atom is -0.482 e. The summed E-state index contributed by atoms with van der Waals surface area (Å²) in [6, 6.07) is 6.08. The molecule has 1 aliphatic carbocycles. The van der Waals surface area contributed by atoms with Crippen molar-refractivity contribution in [3.63, 3.8) is 0 Å². The zero-order chi connectivity index (χ0) is 18.1. The molecule has 7 heteroatoms. The summed E-state index contributed by atoms with van der Waals surface area (Å²) in [6.07, 6.45) is 7.49. The lowest BCUT2D eigenvalue weighted by Gasteiger charge is -2.21. The number of carbonyl (C=O) groups is 1. The van der Waals surface area contributed by atoms with E-state index < -0.39 is 16.0 Å². The molecule has 1 aromatic rings. The van der Waals surface area contributed by atoms with Crippen LogP contribution in [0.25, 0.3) is 0 Å². The maximum atomic E-state index is 12.5. The van der Waals surface area contributed by atoms with Crippen LogP contribution in [-0.2, 0) is 19.6 Å². The number of rotatable bonds is 7. The van der Waals surface area contributed by atoms with Crippen LogP contribution in [0.4, 0.5) is 0 Å². The molecule has 0 bridgehead atoms. The predicted octanol–water partition coefficient (Wildman–Crippen LogP) is 3.02. The summed E-state index contributed by atoms with van der Waals surface area (Å²) in [5.74, 6) is -0.0249. The largest absolute Gasteiger partial charge is 0.482 e. The van der Waals surface area contributed by atoms with Gasteiger partial charge in [0.1, 0.15) is 5.75 Å². The van der Waals surface area contributed by atoms with Crippen LogP contribution in [0, 0.1) is 0 Å². The lowest BCUT2D eigenvalue weighted by atomic mass is 9.97. The molecule has 0 heterocycles. The smallest absolute Gasteiger partial charge is 0.344 e. The van der Waals surface area contributed by atoms with Crippen molar-refractivity contribution in [3.05, 3.63) is 24.3 Å². The Morgan fingerprint density at radius 1 is 1.08 bits per heavy atom. The van der Waals surface area contributed by atoms with Crippen LogP contribution >= 0.6 is 0 Å². The molecule has 1 N–H and O–H groups in total. The number of hydrogen-bond acceptors (Lipinski definition) is 5. The Balaban J connectivity index is 1.93. The van der Waals surface area contributed by atoms with Crippen LogP contribution in [-0.4, -0.2) is 33.6 Å². The van der Waals surface area contributed by atoms with E-state index in [1.54, 1.807) is 19.1 Å². The molecule has 140 valence electrons. The van der Waals surface area contributed by atoms with E-state index in [-0.39, 0.29) is 17.5 Å². The quantitative estimate of drug-likeness (QED) is 0.747. The first-order valence-electron chi connectivity index (χ1n) is 8.92. The van der Waals surface area contributed by atoms with E-state index in [0.717, 1.165) is 25.7 Å². The Hall–Kier alpha value is -1.60. The molecule has 25 heavy (non-hydrogen) atoms. The van der Waals surface area contributed by atoms with Gasteiger partial charge in [-0.25, -0.2) is 17.9 Å². The van der Waals surface area contributed by atoms with Gasteiger partial charge in [-0.05, 0) is 44.0 Å². The van der Waals surface area contributed by atoms with Gasteiger partial charge in [-0.3, -0.25) is 0 Å². The highest BCUT2D eigenvalue weighted by Gasteiger charge is 2.20. The van der Waals surface area contributed by atoms with E-state index >= 15 is 0 Å². The van der Waals surface area contributed by atoms with Crippen LogP contribution in [0.2, 0.25) is 0 Å². The van der Waals surface area contributed by atoms with Crippen molar-refractivity contribution >= 4 is 16.0 Å². The summed E-state index contributed by atoms with van der Waals surface area (Å²) >= 11 is 0. The minimum absolute atomic E-state index is 0.00467.